The van der Waals surface area contributed by atoms with E-state index >= 15 is 0 Å². The first-order valence-electron chi connectivity index (χ1n) is 6.30. The molecule has 2 unspecified atom stereocenters. The monoisotopic (exact) mass is 260 g/mol. The van der Waals surface area contributed by atoms with Crippen LogP contribution in [0.3, 0.4) is 0 Å². The predicted molar refractivity (Wildman–Crippen MR) is 71.9 cm³/mol. The smallest absolute Gasteiger partial charge is 0.289 e. The minimum absolute atomic E-state index is 0.0883. The first-order valence-corrected chi connectivity index (χ1v) is 6.30. The van der Waals surface area contributed by atoms with Gasteiger partial charge in [-0.3, -0.25) is 10.1 Å². The third-order valence-corrected chi connectivity index (χ3v) is 3.43. The fourth-order valence-electron chi connectivity index (χ4n) is 2.32. The average Bonchev–Trinajstić information content (AvgIpc) is 2.41. The van der Waals surface area contributed by atoms with Crippen LogP contribution in [0.2, 0.25) is 0 Å². The molecule has 2 rings (SSSR count). The first-order chi connectivity index (χ1) is 9.11. The van der Waals surface area contributed by atoms with E-state index in [0.29, 0.717) is 11.7 Å². The van der Waals surface area contributed by atoms with Gasteiger partial charge in [-0.1, -0.05) is 0 Å². The fraction of sp³-hybridized carbons (Fsp3) is 0.462. The van der Waals surface area contributed by atoms with Gasteiger partial charge < -0.3 is 10.6 Å². The average molecular weight is 260 g/mol. The van der Waals surface area contributed by atoms with E-state index in [2.05, 4.69) is 17.6 Å². The molecule has 1 aliphatic rings. The number of piperidine rings is 1. The summed E-state index contributed by atoms with van der Waals surface area (Å²) >= 11 is 0. The van der Waals surface area contributed by atoms with Gasteiger partial charge in [0.25, 0.3) is 5.69 Å². The maximum Gasteiger partial charge on any atom is 0.289 e. The number of rotatable bonds is 3. The zero-order chi connectivity index (χ0) is 13.8. The van der Waals surface area contributed by atoms with Gasteiger partial charge in [-0.2, -0.15) is 5.26 Å². The molecule has 0 saturated carbocycles. The van der Waals surface area contributed by atoms with Gasteiger partial charge in [0.05, 0.1) is 4.92 Å². The second-order valence-electron chi connectivity index (χ2n) is 4.74. The van der Waals surface area contributed by atoms with Gasteiger partial charge in [0, 0.05) is 23.8 Å². The Kier molecular flexibility index (Phi) is 3.97. The van der Waals surface area contributed by atoms with Gasteiger partial charge in [-0.05, 0) is 38.4 Å². The second-order valence-corrected chi connectivity index (χ2v) is 4.74. The molecular weight excluding hydrogens is 244 g/mol. The SMILES string of the molecule is CC1NCCCC1Nc1ccc(C#N)c([N+](=O)[O-])c1. The Morgan fingerprint density at radius 1 is 1.58 bits per heavy atom. The molecule has 0 amide bonds. The summed E-state index contributed by atoms with van der Waals surface area (Å²) in [6, 6.07) is 7.04. The summed E-state index contributed by atoms with van der Waals surface area (Å²) in [5, 5.41) is 26.4. The molecule has 1 aliphatic heterocycles. The molecule has 19 heavy (non-hydrogen) atoms. The summed E-state index contributed by atoms with van der Waals surface area (Å²) in [5.41, 5.74) is 0.625. The Morgan fingerprint density at radius 3 is 3.00 bits per heavy atom. The second kappa shape index (κ2) is 5.67. The van der Waals surface area contributed by atoms with E-state index in [-0.39, 0.29) is 17.3 Å². The molecule has 1 aromatic rings. The number of nitriles is 1. The van der Waals surface area contributed by atoms with Crippen molar-refractivity contribution in [3.8, 4) is 6.07 Å². The van der Waals surface area contributed by atoms with Crippen molar-refractivity contribution in [1.82, 2.24) is 5.32 Å². The van der Waals surface area contributed by atoms with Crippen LogP contribution in [-0.4, -0.2) is 23.6 Å². The van der Waals surface area contributed by atoms with Crippen molar-refractivity contribution >= 4 is 11.4 Å². The summed E-state index contributed by atoms with van der Waals surface area (Å²) < 4.78 is 0. The molecule has 1 saturated heterocycles. The van der Waals surface area contributed by atoms with Gasteiger partial charge in [-0.25, -0.2) is 0 Å². The molecule has 1 heterocycles. The van der Waals surface area contributed by atoms with Gasteiger partial charge in [0.15, 0.2) is 0 Å². The first kappa shape index (κ1) is 13.3. The lowest BCUT2D eigenvalue weighted by Crippen LogP contribution is -2.46. The molecule has 0 radical (unpaired) electrons. The number of benzene rings is 1. The molecule has 6 heteroatoms. The molecule has 0 spiro atoms. The number of hydrogen-bond donors (Lipinski definition) is 2. The maximum atomic E-state index is 10.9. The lowest BCUT2D eigenvalue weighted by atomic mass is 9.99. The molecule has 6 nitrogen and oxygen atoms in total. The predicted octanol–water partition coefficient (Wildman–Crippen LogP) is 2.02. The van der Waals surface area contributed by atoms with Crippen molar-refractivity contribution in [3.05, 3.63) is 33.9 Å². The van der Waals surface area contributed by atoms with Gasteiger partial charge in [0.1, 0.15) is 11.6 Å². The number of hydrogen-bond acceptors (Lipinski definition) is 5. The number of nitrogens with one attached hydrogen (secondary N) is 2. The number of anilines is 1. The van der Waals surface area contributed by atoms with Crippen LogP contribution in [0.1, 0.15) is 25.3 Å². The lowest BCUT2D eigenvalue weighted by Gasteiger charge is -2.31. The largest absolute Gasteiger partial charge is 0.381 e. The van der Waals surface area contributed by atoms with Crippen LogP contribution >= 0.6 is 0 Å². The van der Waals surface area contributed by atoms with Crippen molar-refractivity contribution < 1.29 is 4.92 Å². The third-order valence-electron chi connectivity index (χ3n) is 3.43. The molecular formula is C13H16N4O2. The van der Waals surface area contributed by atoms with Gasteiger partial charge in [-0.15, -0.1) is 0 Å². The van der Waals surface area contributed by atoms with Gasteiger partial charge >= 0.3 is 0 Å². The molecule has 1 fully saturated rings. The summed E-state index contributed by atoms with van der Waals surface area (Å²) in [6.45, 7) is 3.10. The summed E-state index contributed by atoms with van der Waals surface area (Å²) in [5.74, 6) is 0. The molecule has 1 aromatic carbocycles. The van der Waals surface area contributed by atoms with Gasteiger partial charge in [0.2, 0.25) is 0 Å². The van der Waals surface area contributed by atoms with E-state index in [4.69, 9.17) is 5.26 Å². The molecule has 0 aromatic heterocycles. The third kappa shape index (κ3) is 3.01. The highest BCUT2D eigenvalue weighted by Crippen LogP contribution is 2.24. The van der Waals surface area contributed by atoms with Crippen molar-refractivity contribution in [1.29, 1.82) is 5.26 Å². The highest BCUT2D eigenvalue weighted by Gasteiger charge is 2.21. The van der Waals surface area contributed by atoms with Crippen LogP contribution < -0.4 is 10.6 Å². The fourth-order valence-corrected chi connectivity index (χ4v) is 2.32. The Labute approximate surface area is 111 Å². The Bertz CT molecular complexity index is 524. The zero-order valence-electron chi connectivity index (χ0n) is 10.7. The molecule has 0 bridgehead atoms. The molecule has 2 N–H and O–H groups in total. The van der Waals surface area contributed by atoms with Crippen molar-refractivity contribution in [2.24, 2.45) is 0 Å². The Balaban J connectivity index is 2.19. The quantitative estimate of drug-likeness (QED) is 0.641. The molecule has 0 aliphatic carbocycles. The Morgan fingerprint density at radius 2 is 2.37 bits per heavy atom. The summed E-state index contributed by atoms with van der Waals surface area (Å²) in [7, 11) is 0. The lowest BCUT2D eigenvalue weighted by molar-refractivity contribution is -0.385. The summed E-state index contributed by atoms with van der Waals surface area (Å²) in [6.07, 6.45) is 2.11. The van der Waals surface area contributed by atoms with Crippen molar-refractivity contribution in [2.75, 3.05) is 11.9 Å². The van der Waals surface area contributed by atoms with Crippen LogP contribution in [0.4, 0.5) is 11.4 Å². The van der Waals surface area contributed by atoms with E-state index in [0.717, 1.165) is 19.4 Å². The normalized spacial score (nSPS) is 22.5. The van der Waals surface area contributed by atoms with Crippen LogP contribution in [0.15, 0.2) is 18.2 Å². The topological polar surface area (TPSA) is 91.0 Å². The minimum atomic E-state index is -0.522. The van der Waals surface area contributed by atoms with E-state index in [9.17, 15) is 10.1 Å². The van der Waals surface area contributed by atoms with Crippen molar-refractivity contribution in [3.63, 3.8) is 0 Å². The number of nitro groups is 1. The van der Waals surface area contributed by atoms with E-state index in [1.54, 1.807) is 6.07 Å². The minimum Gasteiger partial charge on any atom is -0.381 e. The van der Waals surface area contributed by atoms with Crippen LogP contribution in [-0.2, 0) is 0 Å². The van der Waals surface area contributed by atoms with Crippen molar-refractivity contribution in [2.45, 2.75) is 31.8 Å². The van der Waals surface area contributed by atoms with Crippen LogP contribution in [0.5, 0.6) is 0 Å². The standard InChI is InChI=1S/C13H16N4O2/c1-9-12(3-2-6-15-9)16-11-5-4-10(8-14)13(7-11)17(18)19/h4-5,7,9,12,15-16H,2-3,6H2,1H3. The maximum absolute atomic E-state index is 10.9. The molecule has 2 atom stereocenters. The molecule has 100 valence electrons. The number of nitro benzene ring substituents is 1. The van der Waals surface area contributed by atoms with E-state index < -0.39 is 4.92 Å². The highest BCUT2D eigenvalue weighted by molar-refractivity contribution is 5.59. The number of nitrogens with zero attached hydrogens (tertiary/aromatic N) is 2. The van der Waals surface area contributed by atoms with E-state index in [1.807, 2.05) is 6.07 Å². The zero-order valence-corrected chi connectivity index (χ0v) is 10.7. The summed E-state index contributed by atoms with van der Waals surface area (Å²) in [4.78, 5) is 10.4. The highest BCUT2D eigenvalue weighted by atomic mass is 16.6. The Hall–Kier alpha value is -2.13. The van der Waals surface area contributed by atoms with Crippen LogP contribution in [0.25, 0.3) is 0 Å². The van der Waals surface area contributed by atoms with Crippen LogP contribution in [0, 0.1) is 21.4 Å². The van der Waals surface area contributed by atoms with E-state index in [1.165, 1.54) is 12.1 Å².